The number of para-hydroxylation sites is 1. The summed E-state index contributed by atoms with van der Waals surface area (Å²) in [5.41, 5.74) is 5.55. The van der Waals surface area contributed by atoms with Crippen molar-refractivity contribution >= 4 is 34.0 Å². The Labute approximate surface area is 189 Å². The van der Waals surface area contributed by atoms with E-state index in [0.29, 0.717) is 17.1 Å². The minimum absolute atomic E-state index is 0.131. The largest absolute Gasteiger partial charge is 0.483 e. The van der Waals surface area contributed by atoms with E-state index < -0.39 is 5.97 Å². The first-order chi connectivity index (χ1) is 14.9. The number of hydrogen-bond acceptors (Lipinski definition) is 5. The van der Waals surface area contributed by atoms with Gasteiger partial charge in [0, 0.05) is 4.47 Å². The quantitative estimate of drug-likeness (QED) is 0.227. The standard InChI is InChI=1S/C24H21BrN2O4/c1-16-5-3-6-17(2)23(16)30-15-22(28)27-26-14-18-9-11-21(12-10-18)31-24(29)19-7-4-8-20(25)13-19/h3-14H,15H2,1-2H3,(H,27,28). The Morgan fingerprint density at radius 3 is 2.35 bits per heavy atom. The highest BCUT2D eigenvalue weighted by Gasteiger charge is 2.09. The predicted octanol–water partition coefficient (Wildman–Crippen LogP) is 4.81. The van der Waals surface area contributed by atoms with Crippen molar-refractivity contribution in [2.24, 2.45) is 5.10 Å². The van der Waals surface area contributed by atoms with Crippen LogP contribution in [0.2, 0.25) is 0 Å². The fraction of sp³-hybridized carbons (Fsp3) is 0.125. The molecule has 3 aromatic carbocycles. The van der Waals surface area contributed by atoms with E-state index in [4.69, 9.17) is 9.47 Å². The van der Waals surface area contributed by atoms with Gasteiger partial charge in [-0.25, -0.2) is 10.2 Å². The summed E-state index contributed by atoms with van der Waals surface area (Å²) in [6.45, 7) is 3.73. The number of benzene rings is 3. The van der Waals surface area contributed by atoms with E-state index in [9.17, 15) is 9.59 Å². The maximum absolute atomic E-state index is 12.2. The van der Waals surface area contributed by atoms with Crippen molar-refractivity contribution in [2.45, 2.75) is 13.8 Å². The summed E-state index contributed by atoms with van der Waals surface area (Å²) in [6.07, 6.45) is 1.50. The van der Waals surface area contributed by atoms with E-state index in [2.05, 4.69) is 26.5 Å². The van der Waals surface area contributed by atoms with Gasteiger partial charge in [-0.2, -0.15) is 5.10 Å². The molecule has 0 unspecified atom stereocenters. The van der Waals surface area contributed by atoms with Crippen molar-refractivity contribution in [3.63, 3.8) is 0 Å². The molecule has 0 atom stereocenters. The molecule has 0 fully saturated rings. The fourth-order valence-electron chi connectivity index (χ4n) is 2.78. The molecule has 0 aliphatic carbocycles. The molecule has 0 saturated heterocycles. The minimum atomic E-state index is -0.445. The molecule has 1 amide bonds. The summed E-state index contributed by atoms with van der Waals surface area (Å²) in [4.78, 5) is 24.1. The molecular weight excluding hydrogens is 460 g/mol. The van der Waals surface area contributed by atoms with Crippen molar-refractivity contribution in [3.05, 3.63) is 93.5 Å². The van der Waals surface area contributed by atoms with E-state index in [1.165, 1.54) is 6.21 Å². The Morgan fingerprint density at radius 1 is 1.00 bits per heavy atom. The van der Waals surface area contributed by atoms with Crippen LogP contribution in [0.1, 0.15) is 27.0 Å². The lowest BCUT2D eigenvalue weighted by molar-refractivity contribution is -0.123. The topological polar surface area (TPSA) is 77.0 Å². The van der Waals surface area contributed by atoms with Gasteiger partial charge in [0.1, 0.15) is 11.5 Å². The zero-order valence-electron chi connectivity index (χ0n) is 17.1. The summed E-state index contributed by atoms with van der Waals surface area (Å²) in [7, 11) is 0. The molecule has 3 aromatic rings. The molecule has 1 N–H and O–H groups in total. The van der Waals surface area contributed by atoms with Crippen molar-refractivity contribution in [2.75, 3.05) is 6.61 Å². The number of ether oxygens (including phenoxy) is 2. The van der Waals surface area contributed by atoms with E-state index in [1.54, 1.807) is 42.5 Å². The lowest BCUT2D eigenvalue weighted by atomic mass is 10.1. The number of hydrazone groups is 1. The van der Waals surface area contributed by atoms with Crippen LogP contribution in [0.4, 0.5) is 0 Å². The molecular formula is C24H21BrN2O4. The Balaban J connectivity index is 1.49. The molecule has 31 heavy (non-hydrogen) atoms. The van der Waals surface area contributed by atoms with Crippen LogP contribution in [0.3, 0.4) is 0 Å². The maximum Gasteiger partial charge on any atom is 0.343 e. The van der Waals surface area contributed by atoms with Gasteiger partial charge in [0.15, 0.2) is 6.61 Å². The monoisotopic (exact) mass is 480 g/mol. The summed E-state index contributed by atoms with van der Waals surface area (Å²) >= 11 is 3.33. The molecule has 0 bridgehead atoms. The first kappa shape index (κ1) is 22.2. The van der Waals surface area contributed by atoms with E-state index >= 15 is 0 Å². The first-order valence-corrected chi connectivity index (χ1v) is 10.3. The van der Waals surface area contributed by atoms with Gasteiger partial charge in [-0.3, -0.25) is 4.79 Å². The van der Waals surface area contributed by atoms with Gasteiger partial charge in [0.25, 0.3) is 5.91 Å². The number of rotatable bonds is 7. The number of halogens is 1. The average Bonchev–Trinajstić information content (AvgIpc) is 2.74. The molecule has 7 heteroatoms. The highest BCUT2D eigenvalue weighted by molar-refractivity contribution is 9.10. The zero-order chi connectivity index (χ0) is 22.2. The van der Waals surface area contributed by atoms with Crippen LogP contribution in [0.15, 0.2) is 76.3 Å². The van der Waals surface area contributed by atoms with Crippen LogP contribution < -0.4 is 14.9 Å². The van der Waals surface area contributed by atoms with Crippen LogP contribution in [-0.4, -0.2) is 24.7 Å². The van der Waals surface area contributed by atoms with Gasteiger partial charge in [-0.05, 0) is 73.0 Å². The predicted molar refractivity (Wildman–Crippen MR) is 123 cm³/mol. The Kier molecular flexibility index (Phi) is 7.56. The Morgan fingerprint density at radius 2 is 1.68 bits per heavy atom. The molecule has 0 aromatic heterocycles. The molecule has 158 valence electrons. The van der Waals surface area contributed by atoms with Gasteiger partial charge < -0.3 is 9.47 Å². The second-order valence-corrected chi connectivity index (χ2v) is 7.69. The molecule has 0 saturated carbocycles. The van der Waals surface area contributed by atoms with Crippen LogP contribution in [-0.2, 0) is 4.79 Å². The van der Waals surface area contributed by atoms with Crippen molar-refractivity contribution in [3.8, 4) is 11.5 Å². The third-order valence-electron chi connectivity index (χ3n) is 4.31. The molecule has 6 nitrogen and oxygen atoms in total. The van der Waals surface area contributed by atoms with E-state index in [1.807, 2.05) is 38.1 Å². The van der Waals surface area contributed by atoms with Crippen molar-refractivity contribution in [1.29, 1.82) is 0 Å². The molecule has 0 spiro atoms. The van der Waals surface area contributed by atoms with E-state index in [-0.39, 0.29) is 12.5 Å². The average molecular weight is 481 g/mol. The number of amides is 1. The van der Waals surface area contributed by atoms with Gasteiger partial charge in [0.05, 0.1) is 11.8 Å². The number of carbonyl (C=O) groups excluding carboxylic acids is 2. The number of hydrogen-bond donors (Lipinski definition) is 1. The second-order valence-electron chi connectivity index (χ2n) is 6.77. The summed E-state index contributed by atoms with van der Waals surface area (Å²) < 4.78 is 11.7. The highest BCUT2D eigenvalue weighted by atomic mass is 79.9. The van der Waals surface area contributed by atoms with Crippen LogP contribution in [0.25, 0.3) is 0 Å². The zero-order valence-corrected chi connectivity index (χ0v) is 18.7. The molecule has 0 aliphatic heterocycles. The van der Waals surface area contributed by atoms with E-state index in [0.717, 1.165) is 21.2 Å². The maximum atomic E-state index is 12.2. The fourth-order valence-corrected chi connectivity index (χ4v) is 3.18. The van der Waals surface area contributed by atoms with Crippen molar-refractivity contribution in [1.82, 2.24) is 5.43 Å². The van der Waals surface area contributed by atoms with Crippen LogP contribution in [0.5, 0.6) is 11.5 Å². The summed E-state index contributed by atoms with van der Waals surface area (Å²) in [5.74, 6) is 0.306. The van der Waals surface area contributed by atoms with Crippen molar-refractivity contribution < 1.29 is 19.1 Å². The first-order valence-electron chi connectivity index (χ1n) is 9.51. The summed E-state index contributed by atoms with van der Waals surface area (Å²) in [5, 5.41) is 3.93. The number of carbonyl (C=O) groups is 2. The second kappa shape index (κ2) is 10.5. The number of aryl methyl sites for hydroxylation is 2. The third kappa shape index (κ3) is 6.52. The smallest absolute Gasteiger partial charge is 0.343 e. The van der Waals surface area contributed by atoms with Gasteiger partial charge in [-0.15, -0.1) is 0 Å². The molecule has 0 radical (unpaired) electrons. The summed E-state index contributed by atoms with van der Waals surface area (Å²) in [6, 6.07) is 19.5. The minimum Gasteiger partial charge on any atom is -0.483 e. The molecule has 0 aliphatic rings. The SMILES string of the molecule is Cc1cccc(C)c1OCC(=O)NN=Cc1ccc(OC(=O)c2cccc(Br)c2)cc1. The molecule has 3 rings (SSSR count). The molecule has 0 heterocycles. The highest BCUT2D eigenvalue weighted by Crippen LogP contribution is 2.22. The number of esters is 1. The van der Waals surface area contributed by atoms with Crippen LogP contribution >= 0.6 is 15.9 Å². The number of nitrogens with one attached hydrogen (secondary N) is 1. The van der Waals surface area contributed by atoms with Gasteiger partial charge in [-0.1, -0.05) is 40.2 Å². The number of nitrogens with zero attached hydrogens (tertiary/aromatic N) is 1. The third-order valence-corrected chi connectivity index (χ3v) is 4.80. The Bertz CT molecular complexity index is 1090. The van der Waals surface area contributed by atoms with Gasteiger partial charge >= 0.3 is 5.97 Å². The lowest BCUT2D eigenvalue weighted by Gasteiger charge is -2.10. The van der Waals surface area contributed by atoms with Gasteiger partial charge in [0.2, 0.25) is 0 Å². The normalized spacial score (nSPS) is 10.7. The lowest BCUT2D eigenvalue weighted by Crippen LogP contribution is -2.25. The Hall–Kier alpha value is -3.45. The van der Waals surface area contributed by atoms with Crippen LogP contribution in [0, 0.1) is 13.8 Å².